The van der Waals surface area contributed by atoms with Gasteiger partial charge in [-0.2, -0.15) is 5.26 Å². The molecular weight excluding hydrogens is 260 g/mol. The van der Waals surface area contributed by atoms with Crippen LogP contribution in [0.1, 0.15) is 18.1 Å². The molecule has 102 valence electrons. The summed E-state index contributed by atoms with van der Waals surface area (Å²) in [5.74, 6) is 1.28. The van der Waals surface area contributed by atoms with Crippen LogP contribution >= 0.6 is 0 Å². The molecule has 0 saturated heterocycles. The number of para-hydroxylation sites is 1. The number of hydrogen-bond acceptors (Lipinski definition) is 3. The summed E-state index contributed by atoms with van der Waals surface area (Å²) in [5, 5.41) is 10.1. The van der Waals surface area contributed by atoms with Gasteiger partial charge >= 0.3 is 0 Å². The molecule has 0 unspecified atom stereocenters. The minimum absolute atomic E-state index is 0.438. The minimum atomic E-state index is 0.438. The van der Waals surface area contributed by atoms with Crippen LogP contribution in [0.3, 0.4) is 0 Å². The Kier molecular flexibility index (Phi) is 3.53. The van der Waals surface area contributed by atoms with E-state index in [1.165, 1.54) is 5.56 Å². The van der Waals surface area contributed by atoms with Crippen molar-refractivity contribution in [2.75, 3.05) is 0 Å². The van der Waals surface area contributed by atoms with Crippen LogP contribution < -0.4 is 4.74 Å². The molecule has 0 atom stereocenters. The van der Waals surface area contributed by atoms with Crippen molar-refractivity contribution < 1.29 is 4.74 Å². The van der Waals surface area contributed by atoms with Crippen LogP contribution in [-0.2, 0) is 6.42 Å². The second-order valence-electron chi connectivity index (χ2n) is 4.73. The quantitative estimate of drug-likeness (QED) is 0.708. The van der Waals surface area contributed by atoms with Crippen molar-refractivity contribution in [2.24, 2.45) is 0 Å². The summed E-state index contributed by atoms with van der Waals surface area (Å²) in [6.45, 7) is 2.11. The number of ether oxygens (including phenoxy) is 1. The molecule has 0 N–H and O–H groups in total. The summed E-state index contributed by atoms with van der Waals surface area (Å²) in [5.41, 5.74) is 2.51. The molecule has 1 heterocycles. The predicted octanol–water partition coefficient (Wildman–Crippen LogP) is 4.46. The Morgan fingerprint density at radius 3 is 2.57 bits per heavy atom. The Bertz CT molecular complexity index is 817. The van der Waals surface area contributed by atoms with Crippen molar-refractivity contribution in [3.05, 3.63) is 65.9 Å². The van der Waals surface area contributed by atoms with E-state index in [2.05, 4.69) is 18.0 Å². The zero-order valence-corrected chi connectivity index (χ0v) is 11.7. The summed E-state index contributed by atoms with van der Waals surface area (Å²) in [6.07, 6.45) is 2.54. The average Bonchev–Trinajstić information content (AvgIpc) is 2.56. The zero-order valence-electron chi connectivity index (χ0n) is 11.7. The van der Waals surface area contributed by atoms with Gasteiger partial charge in [-0.05, 0) is 36.2 Å². The van der Waals surface area contributed by atoms with E-state index < -0.39 is 0 Å². The fourth-order valence-electron chi connectivity index (χ4n) is 2.22. The predicted molar refractivity (Wildman–Crippen MR) is 82.4 cm³/mol. The Labute approximate surface area is 123 Å². The number of hydrogen-bond donors (Lipinski definition) is 0. The van der Waals surface area contributed by atoms with Gasteiger partial charge in [0.2, 0.25) is 0 Å². The lowest BCUT2D eigenvalue weighted by Crippen LogP contribution is -1.92. The lowest BCUT2D eigenvalue weighted by atomic mass is 10.1. The van der Waals surface area contributed by atoms with Crippen molar-refractivity contribution in [2.45, 2.75) is 13.3 Å². The highest BCUT2D eigenvalue weighted by molar-refractivity contribution is 5.87. The number of aryl methyl sites for hydroxylation is 1. The van der Waals surface area contributed by atoms with Gasteiger partial charge in [0.1, 0.15) is 17.4 Å². The monoisotopic (exact) mass is 274 g/mol. The molecule has 0 radical (unpaired) electrons. The van der Waals surface area contributed by atoms with Gasteiger partial charge in [0, 0.05) is 11.6 Å². The van der Waals surface area contributed by atoms with Gasteiger partial charge in [0.25, 0.3) is 0 Å². The van der Waals surface area contributed by atoms with E-state index in [9.17, 15) is 5.26 Å². The van der Waals surface area contributed by atoms with Crippen molar-refractivity contribution in [1.29, 1.82) is 5.26 Å². The summed E-state index contributed by atoms with van der Waals surface area (Å²) in [7, 11) is 0. The van der Waals surface area contributed by atoms with Gasteiger partial charge in [-0.25, -0.2) is 0 Å². The number of pyridine rings is 1. The molecular formula is C18H14N2O. The highest BCUT2D eigenvalue weighted by atomic mass is 16.5. The molecule has 21 heavy (non-hydrogen) atoms. The molecule has 2 aromatic carbocycles. The van der Waals surface area contributed by atoms with E-state index in [4.69, 9.17) is 4.74 Å². The number of aromatic nitrogens is 1. The second kappa shape index (κ2) is 5.64. The SMILES string of the molecule is CCc1ccc(Oc2c(C#N)cnc3ccccc23)cc1. The molecule has 3 nitrogen and oxygen atoms in total. The van der Waals surface area contributed by atoms with Crippen LogP contribution in [0.15, 0.2) is 54.7 Å². The van der Waals surface area contributed by atoms with Crippen LogP contribution in [0, 0.1) is 11.3 Å². The number of nitrogens with zero attached hydrogens (tertiary/aromatic N) is 2. The summed E-state index contributed by atoms with van der Waals surface area (Å²) >= 11 is 0. The van der Waals surface area contributed by atoms with E-state index >= 15 is 0 Å². The molecule has 0 aliphatic rings. The van der Waals surface area contributed by atoms with E-state index in [1.807, 2.05) is 48.5 Å². The van der Waals surface area contributed by atoms with Crippen LogP contribution in [0.2, 0.25) is 0 Å². The van der Waals surface area contributed by atoms with E-state index in [-0.39, 0.29) is 0 Å². The number of rotatable bonds is 3. The minimum Gasteiger partial charge on any atom is -0.455 e. The zero-order chi connectivity index (χ0) is 14.7. The Hall–Kier alpha value is -2.86. The maximum atomic E-state index is 9.27. The van der Waals surface area contributed by atoms with Crippen molar-refractivity contribution in [1.82, 2.24) is 4.98 Å². The third-order valence-electron chi connectivity index (χ3n) is 3.40. The average molecular weight is 274 g/mol. The third-order valence-corrected chi connectivity index (χ3v) is 3.40. The van der Waals surface area contributed by atoms with Gasteiger partial charge in [-0.1, -0.05) is 31.2 Å². The lowest BCUT2D eigenvalue weighted by Gasteiger charge is -2.10. The molecule has 3 rings (SSSR count). The molecule has 0 amide bonds. The lowest BCUT2D eigenvalue weighted by molar-refractivity contribution is 0.486. The second-order valence-corrected chi connectivity index (χ2v) is 4.73. The topological polar surface area (TPSA) is 45.9 Å². The molecule has 0 saturated carbocycles. The van der Waals surface area contributed by atoms with Crippen LogP contribution in [0.25, 0.3) is 10.9 Å². The van der Waals surface area contributed by atoms with Crippen LogP contribution in [-0.4, -0.2) is 4.98 Å². The number of nitriles is 1. The largest absolute Gasteiger partial charge is 0.455 e. The third kappa shape index (κ3) is 2.56. The van der Waals surface area contributed by atoms with Gasteiger partial charge in [0.05, 0.1) is 5.52 Å². The highest BCUT2D eigenvalue weighted by Crippen LogP contribution is 2.32. The Morgan fingerprint density at radius 2 is 1.86 bits per heavy atom. The van der Waals surface area contributed by atoms with Crippen molar-refractivity contribution in [3.8, 4) is 17.6 Å². The van der Waals surface area contributed by atoms with Gasteiger partial charge in [-0.3, -0.25) is 4.98 Å². The van der Waals surface area contributed by atoms with Crippen LogP contribution in [0.5, 0.6) is 11.5 Å². The summed E-state index contributed by atoms with van der Waals surface area (Å²) < 4.78 is 5.95. The van der Waals surface area contributed by atoms with Gasteiger partial charge in [0.15, 0.2) is 5.75 Å². The normalized spacial score (nSPS) is 10.3. The van der Waals surface area contributed by atoms with Gasteiger partial charge < -0.3 is 4.74 Å². The molecule has 3 heteroatoms. The first-order chi connectivity index (χ1) is 10.3. The maximum absolute atomic E-state index is 9.27. The Morgan fingerprint density at radius 1 is 1.10 bits per heavy atom. The first-order valence-corrected chi connectivity index (χ1v) is 6.86. The standard InChI is InChI=1S/C18H14N2O/c1-2-13-7-9-15(10-8-13)21-18-14(11-19)12-20-17-6-4-3-5-16(17)18/h3-10,12H,2H2,1H3. The first-order valence-electron chi connectivity index (χ1n) is 6.86. The molecule has 0 aliphatic heterocycles. The maximum Gasteiger partial charge on any atom is 0.156 e. The molecule has 0 aliphatic carbocycles. The molecule has 3 aromatic rings. The van der Waals surface area contributed by atoms with E-state index in [0.717, 1.165) is 23.1 Å². The fraction of sp³-hybridized carbons (Fsp3) is 0.111. The molecule has 0 fully saturated rings. The summed E-state index contributed by atoms with van der Waals surface area (Å²) in [4.78, 5) is 4.28. The molecule has 0 spiro atoms. The Balaban J connectivity index is 2.08. The number of fused-ring (bicyclic) bond motifs is 1. The van der Waals surface area contributed by atoms with Crippen LogP contribution in [0.4, 0.5) is 0 Å². The summed E-state index contributed by atoms with van der Waals surface area (Å²) in [6, 6.07) is 17.7. The molecule has 1 aromatic heterocycles. The first kappa shape index (κ1) is 13.1. The van der Waals surface area contributed by atoms with E-state index in [1.54, 1.807) is 6.20 Å². The highest BCUT2D eigenvalue weighted by Gasteiger charge is 2.10. The van der Waals surface area contributed by atoms with E-state index in [0.29, 0.717) is 11.3 Å². The van der Waals surface area contributed by atoms with Gasteiger partial charge in [-0.15, -0.1) is 0 Å². The van der Waals surface area contributed by atoms with Crippen molar-refractivity contribution in [3.63, 3.8) is 0 Å². The molecule has 0 bridgehead atoms. The smallest absolute Gasteiger partial charge is 0.156 e. The van der Waals surface area contributed by atoms with Crippen molar-refractivity contribution >= 4 is 10.9 Å². The number of benzene rings is 2. The fourth-order valence-corrected chi connectivity index (χ4v) is 2.22.